The standard InChI is InChI=1S/C13H21N3/c1-2-7-13(10-4-3-5-10)12-11(6-8-16-13)14-9-15-12/h9-10,16H,2-8H2,1H3,(H,14,15). The van der Waals surface area contributed by atoms with Gasteiger partial charge in [0, 0.05) is 18.7 Å². The first-order valence-electron chi connectivity index (χ1n) is 6.64. The Balaban J connectivity index is 2.00. The van der Waals surface area contributed by atoms with Crippen molar-refractivity contribution in [2.75, 3.05) is 6.54 Å². The first kappa shape index (κ1) is 10.3. The average Bonchev–Trinajstić information content (AvgIpc) is 2.64. The highest BCUT2D eigenvalue weighted by atomic mass is 15.1. The van der Waals surface area contributed by atoms with E-state index in [-0.39, 0.29) is 5.54 Å². The fourth-order valence-corrected chi connectivity index (χ4v) is 3.43. The Bertz CT molecular complexity index is 367. The normalized spacial score (nSPS) is 29.8. The maximum atomic E-state index is 4.61. The van der Waals surface area contributed by atoms with E-state index in [1.807, 2.05) is 6.33 Å². The van der Waals surface area contributed by atoms with Gasteiger partial charge in [-0.1, -0.05) is 19.8 Å². The molecule has 3 nitrogen and oxygen atoms in total. The van der Waals surface area contributed by atoms with Crippen LogP contribution in [0.4, 0.5) is 0 Å². The van der Waals surface area contributed by atoms with E-state index in [1.165, 1.54) is 43.5 Å². The van der Waals surface area contributed by atoms with E-state index in [0.717, 1.165) is 18.9 Å². The topological polar surface area (TPSA) is 40.7 Å². The van der Waals surface area contributed by atoms with Crippen LogP contribution >= 0.6 is 0 Å². The van der Waals surface area contributed by atoms with Crippen molar-refractivity contribution in [2.24, 2.45) is 5.92 Å². The van der Waals surface area contributed by atoms with Crippen molar-refractivity contribution in [2.45, 2.75) is 51.0 Å². The lowest BCUT2D eigenvalue weighted by atomic mass is 9.65. The van der Waals surface area contributed by atoms with Gasteiger partial charge >= 0.3 is 0 Å². The van der Waals surface area contributed by atoms with E-state index in [4.69, 9.17) is 0 Å². The lowest BCUT2D eigenvalue weighted by molar-refractivity contribution is 0.103. The molecule has 0 spiro atoms. The molecule has 2 heterocycles. The van der Waals surface area contributed by atoms with Crippen LogP contribution in [0.1, 0.15) is 50.4 Å². The highest BCUT2D eigenvalue weighted by molar-refractivity contribution is 5.27. The number of nitrogens with one attached hydrogen (secondary N) is 2. The lowest BCUT2D eigenvalue weighted by Crippen LogP contribution is -2.54. The molecule has 2 N–H and O–H groups in total. The summed E-state index contributed by atoms with van der Waals surface area (Å²) in [6.07, 6.45) is 9.59. The second-order valence-corrected chi connectivity index (χ2v) is 5.26. The van der Waals surface area contributed by atoms with Crippen molar-refractivity contribution in [3.63, 3.8) is 0 Å². The van der Waals surface area contributed by atoms with Crippen LogP contribution in [0, 0.1) is 5.92 Å². The summed E-state index contributed by atoms with van der Waals surface area (Å²) >= 11 is 0. The first-order valence-corrected chi connectivity index (χ1v) is 6.64. The third kappa shape index (κ3) is 1.34. The molecule has 1 fully saturated rings. The summed E-state index contributed by atoms with van der Waals surface area (Å²) in [5.74, 6) is 0.815. The minimum atomic E-state index is 0.195. The molecular formula is C13H21N3. The summed E-state index contributed by atoms with van der Waals surface area (Å²) in [6.45, 7) is 3.38. The smallest absolute Gasteiger partial charge is 0.0926 e. The molecule has 1 atom stereocenters. The number of nitrogens with zero attached hydrogens (tertiary/aromatic N) is 1. The number of rotatable bonds is 3. The predicted molar refractivity (Wildman–Crippen MR) is 64.2 cm³/mol. The van der Waals surface area contributed by atoms with Crippen LogP contribution in [0.15, 0.2) is 6.33 Å². The molecule has 1 saturated carbocycles. The number of hydrogen-bond acceptors (Lipinski definition) is 2. The van der Waals surface area contributed by atoms with Gasteiger partial charge in [-0.2, -0.15) is 0 Å². The number of H-pyrrole nitrogens is 1. The first-order chi connectivity index (χ1) is 7.87. The molecule has 16 heavy (non-hydrogen) atoms. The maximum absolute atomic E-state index is 4.61. The molecule has 1 aromatic heterocycles. The van der Waals surface area contributed by atoms with Crippen molar-refractivity contribution in [3.05, 3.63) is 17.7 Å². The molecule has 3 rings (SSSR count). The molecule has 1 unspecified atom stereocenters. The molecule has 3 heteroatoms. The van der Waals surface area contributed by atoms with Gasteiger partial charge in [-0.15, -0.1) is 0 Å². The van der Waals surface area contributed by atoms with Crippen molar-refractivity contribution in [1.29, 1.82) is 0 Å². The number of aromatic nitrogens is 2. The van der Waals surface area contributed by atoms with Gasteiger partial charge in [0.1, 0.15) is 0 Å². The Hall–Kier alpha value is -0.830. The number of fused-ring (bicyclic) bond motifs is 1. The van der Waals surface area contributed by atoms with Crippen molar-refractivity contribution >= 4 is 0 Å². The van der Waals surface area contributed by atoms with E-state index in [0.29, 0.717) is 0 Å². The molecule has 0 aromatic carbocycles. The Morgan fingerprint density at radius 3 is 3.06 bits per heavy atom. The van der Waals surface area contributed by atoms with Gasteiger partial charge in [0.25, 0.3) is 0 Å². The second-order valence-electron chi connectivity index (χ2n) is 5.26. The number of aromatic amines is 1. The van der Waals surface area contributed by atoms with Gasteiger partial charge in [0.05, 0.1) is 17.6 Å². The van der Waals surface area contributed by atoms with Gasteiger partial charge in [-0.3, -0.25) is 0 Å². The average molecular weight is 219 g/mol. The third-order valence-electron chi connectivity index (χ3n) is 4.40. The molecule has 0 bridgehead atoms. The molecule has 0 amide bonds. The molecule has 1 aliphatic carbocycles. The summed E-state index contributed by atoms with van der Waals surface area (Å²) in [5.41, 5.74) is 2.89. The van der Waals surface area contributed by atoms with Crippen LogP contribution in [-0.2, 0) is 12.0 Å². The molecule has 0 radical (unpaired) electrons. The number of imidazole rings is 1. The van der Waals surface area contributed by atoms with E-state index in [2.05, 4.69) is 22.2 Å². The quantitative estimate of drug-likeness (QED) is 0.819. The summed E-state index contributed by atoms with van der Waals surface area (Å²) in [5, 5.41) is 3.80. The molecule has 0 saturated heterocycles. The van der Waals surface area contributed by atoms with Crippen LogP contribution in [0.25, 0.3) is 0 Å². The molecular weight excluding hydrogens is 198 g/mol. The van der Waals surface area contributed by atoms with E-state index in [1.54, 1.807) is 0 Å². The minimum Gasteiger partial charge on any atom is -0.348 e. The summed E-state index contributed by atoms with van der Waals surface area (Å²) in [7, 11) is 0. The SMILES string of the molecule is CCCC1(C2CCC2)NCCc2[nH]cnc21. The molecule has 88 valence electrons. The van der Waals surface area contributed by atoms with Gasteiger partial charge < -0.3 is 10.3 Å². The number of hydrogen-bond donors (Lipinski definition) is 2. The Morgan fingerprint density at radius 1 is 1.50 bits per heavy atom. The van der Waals surface area contributed by atoms with E-state index >= 15 is 0 Å². The van der Waals surface area contributed by atoms with Gasteiger partial charge in [-0.05, 0) is 25.2 Å². The van der Waals surface area contributed by atoms with Crippen molar-refractivity contribution in [3.8, 4) is 0 Å². The fourth-order valence-electron chi connectivity index (χ4n) is 3.43. The zero-order valence-corrected chi connectivity index (χ0v) is 10.1. The molecule has 2 aliphatic rings. The highest BCUT2D eigenvalue weighted by Gasteiger charge is 2.46. The van der Waals surface area contributed by atoms with Crippen LogP contribution in [0.2, 0.25) is 0 Å². The van der Waals surface area contributed by atoms with E-state index in [9.17, 15) is 0 Å². The third-order valence-corrected chi connectivity index (χ3v) is 4.40. The monoisotopic (exact) mass is 219 g/mol. The van der Waals surface area contributed by atoms with Crippen LogP contribution in [0.3, 0.4) is 0 Å². The van der Waals surface area contributed by atoms with Gasteiger partial charge in [0.15, 0.2) is 0 Å². The highest BCUT2D eigenvalue weighted by Crippen LogP contribution is 2.46. The zero-order chi connectivity index (χ0) is 11.0. The summed E-state index contributed by atoms with van der Waals surface area (Å²) in [4.78, 5) is 7.94. The van der Waals surface area contributed by atoms with Gasteiger partial charge in [-0.25, -0.2) is 4.98 Å². The lowest BCUT2D eigenvalue weighted by Gasteiger charge is -2.47. The Kier molecular flexibility index (Phi) is 2.51. The second kappa shape index (κ2) is 3.88. The predicted octanol–water partition coefficient (Wildman–Crippen LogP) is 2.35. The van der Waals surface area contributed by atoms with Crippen molar-refractivity contribution < 1.29 is 0 Å². The Morgan fingerprint density at radius 2 is 2.38 bits per heavy atom. The van der Waals surface area contributed by atoms with E-state index < -0.39 is 0 Å². The minimum absolute atomic E-state index is 0.195. The summed E-state index contributed by atoms with van der Waals surface area (Å²) < 4.78 is 0. The van der Waals surface area contributed by atoms with Crippen LogP contribution < -0.4 is 5.32 Å². The summed E-state index contributed by atoms with van der Waals surface area (Å²) in [6, 6.07) is 0. The maximum Gasteiger partial charge on any atom is 0.0926 e. The molecule has 1 aromatic rings. The fraction of sp³-hybridized carbons (Fsp3) is 0.769. The zero-order valence-electron chi connectivity index (χ0n) is 10.1. The van der Waals surface area contributed by atoms with Crippen LogP contribution in [-0.4, -0.2) is 16.5 Å². The van der Waals surface area contributed by atoms with Crippen LogP contribution in [0.5, 0.6) is 0 Å². The largest absolute Gasteiger partial charge is 0.348 e. The van der Waals surface area contributed by atoms with Crippen molar-refractivity contribution in [1.82, 2.24) is 15.3 Å². The molecule has 1 aliphatic heterocycles. The Labute approximate surface area is 97.0 Å². The van der Waals surface area contributed by atoms with Gasteiger partial charge in [0.2, 0.25) is 0 Å².